The second-order valence-corrected chi connectivity index (χ2v) is 18.8. The number of aliphatic hydroxyl groups excluding tert-OH is 3. The normalized spacial score (nSPS) is 20.6. The molecule has 0 aromatic carbocycles. The first-order valence-electron chi connectivity index (χ1n) is 22.6. The number of aliphatic hydroxyl groups is 3. The molecule has 0 saturated heterocycles. The maximum absolute atomic E-state index is 12.8. The Morgan fingerprint density at radius 2 is 1.28 bits per heavy atom. The molecule has 340 valence electrons. The smallest absolute Gasteiger partial charge is 0.306 e. The molecule has 0 radical (unpaired) electrons. The van der Waals surface area contributed by atoms with E-state index in [1.165, 1.54) is 57.8 Å². The van der Waals surface area contributed by atoms with Gasteiger partial charge in [0, 0.05) is 43.9 Å². The second kappa shape index (κ2) is 32.1. The number of Topliss-reactive ketones (excluding diaryl/α,β-unsaturated/α-hetero) is 1. The van der Waals surface area contributed by atoms with Crippen LogP contribution < -0.4 is 4.89 Å². The van der Waals surface area contributed by atoms with Crippen LogP contribution in [0.5, 0.6) is 0 Å². The van der Waals surface area contributed by atoms with Gasteiger partial charge < -0.3 is 43.2 Å². The molecule has 1 unspecified atom stereocenters. The number of carbonyl (C=O) groups excluding carboxylic acids is 3. The van der Waals surface area contributed by atoms with E-state index in [0.717, 1.165) is 38.5 Å². The fraction of sp³-hybridized carbons (Fsp3) is 0.886. The Morgan fingerprint density at radius 3 is 1.88 bits per heavy atom. The van der Waals surface area contributed by atoms with E-state index in [-0.39, 0.29) is 44.5 Å². The largest absolute Gasteiger partial charge is 0.756 e. The lowest BCUT2D eigenvalue weighted by atomic mass is 9.87. The highest BCUT2D eigenvalue weighted by Crippen LogP contribution is 2.39. The second-order valence-electron chi connectivity index (χ2n) is 17.4. The van der Waals surface area contributed by atoms with Gasteiger partial charge in [-0.25, -0.2) is 0 Å². The van der Waals surface area contributed by atoms with Gasteiger partial charge in [0.25, 0.3) is 7.82 Å². The molecule has 13 nitrogen and oxygen atoms in total. The van der Waals surface area contributed by atoms with Gasteiger partial charge in [-0.15, -0.1) is 0 Å². The zero-order valence-electron chi connectivity index (χ0n) is 36.8. The molecular weight excluding hydrogens is 765 g/mol. The van der Waals surface area contributed by atoms with Crippen LogP contribution in [0, 0.1) is 11.8 Å². The van der Waals surface area contributed by atoms with E-state index < -0.39 is 69.2 Å². The summed E-state index contributed by atoms with van der Waals surface area (Å²) in [5, 5.41) is 31.3. The third kappa shape index (κ3) is 28.7. The quantitative estimate of drug-likeness (QED) is 0.0184. The third-order valence-electron chi connectivity index (χ3n) is 10.8. The summed E-state index contributed by atoms with van der Waals surface area (Å²) < 4.78 is 33.7. The van der Waals surface area contributed by atoms with Gasteiger partial charge in [-0.1, -0.05) is 122 Å². The lowest BCUT2D eigenvalue weighted by Crippen LogP contribution is -2.37. The fourth-order valence-electron chi connectivity index (χ4n) is 7.12. The Hall–Kier alpha value is -1.70. The number of ether oxygens (including phenoxy) is 2. The number of phosphoric acid groups is 1. The predicted octanol–water partition coefficient (Wildman–Crippen LogP) is 7.51. The average Bonchev–Trinajstić information content (AvgIpc) is 3.41. The summed E-state index contributed by atoms with van der Waals surface area (Å²) in [6, 6.07) is 0. The van der Waals surface area contributed by atoms with E-state index in [2.05, 4.69) is 13.8 Å². The molecule has 1 aliphatic carbocycles. The number of carbonyl (C=O) groups is 3. The Morgan fingerprint density at radius 1 is 0.741 bits per heavy atom. The minimum absolute atomic E-state index is 0.00593. The maximum Gasteiger partial charge on any atom is 0.306 e. The van der Waals surface area contributed by atoms with Crippen LogP contribution in [0.4, 0.5) is 0 Å². The van der Waals surface area contributed by atoms with E-state index >= 15 is 0 Å². The summed E-state index contributed by atoms with van der Waals surface area (Å²) in [6.07, 6.45) is 20.1. The van der Waals surface area contributed by atoms with Crippen LogP contribution in [0.3, 0.4) is 0 Å². The van der Waals surface area contributed by atoms with Crippen molar-refractivity contribution in [1.82, 2.24) is 0 Å². The van der Waals surface area contributed by atoms with Crippen LogP contribution in [0.2, 0.25) is 0 Å². The van der Waals surface area contributed by atoms with Crippen molar-refractivity contribution in [1.29, 1.82) is 0 Å². The zero-order valence-corrected chi connectivity index (χ0v) is 37.7. The van der Waals surface area contributed by atoms with Crippen molar-refractivity contribution in [3.05, 3.63) is 12.2 Å². The number of phosphoric ester groups is 1. The predicted molar refractivity (Wildman–Crippen MR) is 225 cm³/mol. The average molecular weight is 848 g/mol. The number of likely N-dealkylation sites (N-methyl/N-ethyl adjacent to an activating group) is 1. The summed E-state index contributed by atoms with van der Waals surface area (Å²) in [5.41, 5.74) is 0. The molecule has 3 N–H and O–H groups in total. The molecule has 0 aromatic rings. The third-order valence-corrected chi connectivity index (χ3v) is 11.7. The van der Waals surface area contributed by atoms with Gasteiger partial charge in [0.05, 0.1) is 46.1 Å². The molecule has 7 atom stereocenters. The van der Waals surface area contributed by atoms with Crippen LogP contribution >= 0.6 is 7.82 Å². The highest BCUT2D eigenvalue weighted by atomic mass is 31.2. The number of unbranched alkanes of at least 4 members (excludes halogenated alkanes) is 15. The molecular formula is C44H82NO12P. The van der Waals surface area contributed by atoms with Gasteiger partial charge in [0.1, 0.15) is 25.5 Å². The molecule has 0 aromatic heterocycles. The molecule has 0 heterocycles. The maximum atomic E-state index is 12.8. The van der Waals surface area contributed by atoms with Gasteiger partial charge in [0.2, 0.25) is 0 Å². The molecule has 1 fully saturated rings. The summed E-state index contributed by atoms with van der Waals surface area (Å²) in [5.74, 6) is -2.10. The Bertz CT molecular complexity index is 1180. The number of nitrogens with zero attached hydrogens (tertiary/aromatic N) is 1. The minimum atomic E-state index is -4.71. The Balaban J connectivity index is 2.52. The summed E-state index contributed by atoms with van der Waals surface area (Å²) in [7, 11) is 0.970. The monoisotopic (exact) mass is 848 g/mol. The van der Waals surface area contributed by atoms with Gasteiger partial charge >= 0.3 is 11.9 Å². The van der Waals surface area contributed by atoms with E-state index in [1.807, 2.05) is 21.1 Å². The molecule has 14 heteroatoms. The highest BCUT2D eigenvalue weighted by Gasteiger charge is 2.41. The van der Waals surface area contributed by atoms with E-state index in [0.29, 0.717) is 36.7 Å². The Labute approximate surface area is 350 Å². The van der Waals surface area contributed by atoms with Crippen LogP contribution in [-0.4, -0.2) is 109 Å². The van der Waals surface area contributed by atoms with Gasteiger partial charge in [-0.3, -0.25) is 18.9 Å². The van der Waals surface area contributed by atoms with Crippen molar-refractivity contribution in [2.45, 2.75) is 192 Å². The lowest BCUT2D eigenvalue weighted by Gasteiger charge is -2.28. The van der Waals surface area contributed by atoms with Gasteiger partial charge in [-0.2, -0.15) is 0 Å². The fourth-order valence-corrected chi connectivity index (χ4v) is 7.85. The van der Waals surface area contributed by atoms with Crippen LogP contribution in [0.25, 0.3) is 0 Å². The van der Waals surface area contributed by atoms with Crippen molar-refractivity contribution in [2.24, 2.45) is 11.8 Å². The summed E-state index contributed by atoms with van der Waals surface area (Å²) >= 11 is 0. The molecule has 58 heavy (non-hydrogen) atoms. The van der Waals surface area contributed by atoms with E-state index in [1.54, 1.807) is 12.2 Å². The van der Waals surface area contributed by atoms with Crippen molar-refractivity contribution < 1.29 is 62.2 Å². The number of hydrogen-bond donors (Lipinski definition) is 3. The first kappa shape index (κ1) is 54.3. The number of hydrogen-bond acceptors (Lipinski definition) is 12. The Kier molecular flexibility index (Phi) is 30.0. The zero-order chi connectivity index (χ0) is 43.2. The van der Waals surface area contributed by atoms with Crippen molar-refractivity contribution in [3.63, 3.8) is 0 Å². The highest BCUT2D eigenvalue weighted by molar-refractivity contribution is 7.45. The summed E-state index contributed by atoms with van der Waals surface area (Å²) in [4.78, 5) is 50.6. The number of ketones is 1. The van der Waals surface area contributed by atoms with Crippen molar-refractivity contribution in [2.75, 3.05) is 47.5 Å². The molecule has 0 amide bonds. The molecule has 0 aliphatic heterocycles. The molecule has 0 spiro atoms. The van der Waals surface area contributed by atoms with Gasteiger partial charge in [0.15, 0.2) is 6.10 Å². The molecule has 1 saturated carbocycles. The number of quaternary nitrogens is 1. The van der Waals surface area contributed by atoms with Crippen molar-refractivity contribution >= 4 is 25.5 Å². The first-order chi connectivity index (χ1) is 27.6. The van der Waals surface area contributed by atoms with Crippen LogP contribution in [-0.2, 0) is 37.5 Å². The standard InChI is InChI=1S/C44H82NO12P/c1-6-8-10-11-12-13-14-15-16-17-18-19-21-27-44(51)57-38(35-56-58(52,53)55-31-30-45(3,4)5)34-54-43(50)26-23-22-25-37(47)32-40-39(41(48)33-42(40)49)29-28-36(46)24-20-9-7-2/h28-29,36,38-42,46,48-49H,6-27,30-35H2,1-5H3/b29-28+/t36-,38+,39+,40+,41+,42-/m0/s1. The van der Waals surface area contributed by atoms with Crippen LogP contribution in [0.15, 0.2) is 12.2 Å². The minimum Gasteiger partial charge on any atom is -0.756 e. The van der Waals surface area contributed by atoms with Crippen molar-refractivity contribution in [3.8, 4) is 0 Å². The first-order valence-corrected chi connectivity index (χ1v) is 24.0. The van der Waals surface area contributed by atoms with E-state index in [9.17, 15) is 39.2 Å². The van der Waals surface area contributed by atoms with Crippen LogP contribution in [0.1, 0.15) is 168 Å². The topological polar surface area (TPSA) is 189 Å². The molecule has 1 rings (SSSR count). The van der Waals surface area contributed by atoms with Gasteiger partial charge in [-0.05, 0) is 25.7 Å². The number of rotatable bonds is 37. The SMILES string of the molecule is CCCCCCCCCCCCCCCC(=O)O[C@H](COC(=O)CCCCC(=O)C[C@@H]1[C@@H](/C=C/[C@@H](O)CCCCC)[C@H](O)C[C@@H]1O)COP(=O)([O-])OCC[N+](C)(C)C. The molecule has 0 bridgehead atoms. The summed E-state index contributed by atoms with van der Waals surface area (Å²) in [6.45, 7) is 3.69. The number of esters is 2. The lowest BCUT2D eigenvalue weighted by molar-refractivity contribution is -0.870. The molecule has 1 aliphatic rings. The van der Waals surface area contributed by atoms with E-state index in [4.69, 9.17) is 18.5 Å².